The van der Waals surface area contributed by atoms with Gasteiger partial charge in [-0.2, -0.15) is 0 Å². The van der Waals surface area contributed by atoms with E-state index < -0.39 is 26.6 Å². The standard InChI is InChI=1S/C12H11F2N3O2S/c1-7-6-8(2)16-12(15-7)17-20(18,19)11-9(13)4-3-5-10(11)14/h3-6H,1-2H3,(H,15,16,17). The second-order valence-corrected chi connectivity index (χ2v) is 5.75. The van der Waals surface area contributed by atoms with Gasteiger partial charge in [0.2, 0.25) is 5.95 Å². The average Bonchev–Trinajstić information content (AvgIpc) is 2.25. The first-order valence-electron chi connectivity index (χ1n) is 5.59. The Morgan fingerprint density at radius 3 is 2.05 bits per heavy atom. The van der Waals surface area contributed by atoms with Crippen LogP contribution in [0.4, 0.5) is 14.7 Å². The number of rotatable bonds is 3. The highest BCUT2D eigenvalue weighted by Gasteiger charge is 2.24. The number of aromatic nitrogens is 2. The fraction of sp³-hybridized carbons (Fsp3) is 0.167. The fourth-order valence-corrected chi connectivity index (χ4v) is 2.77. The van der Waals surface area contributed by atoms with Gasteiger partial charge in [0.15, 0.2) is 4.90 Å². The van der Waals surface area contributed by atoms with Gasteiger partial charge >= 0.3 is 0 Å². The molecule has 2 aromatic rings. The summed E-state index contributed by atoms with van der Waals surface area (Å²) in [6.07, 6.45) is 0. The predicted molar refractivity (Wildman–Crippen MR) is 68.7 cm³/mol. The fourth-order valence-electron chi connectivity index (χ4n) is 1.68. The van der Waals surface area contributed by atoms with Gasteiger partial charge in [-0.05, 0) is 32.0 Å². The Morgan fingerprint density at radius 1 is 1.05 bits per heavy atom. The summed E-state index contributed by atoms with van der Waals surface area (Å²) in [5.41, 5.74) is 1.06. The molecule has 1 N–H and O–H groups in total. The maximum atomic E-state index is 13.5. The van der Waals surface area contributed by atoms with Gasteiger partial charge in [0.05, 0.1) is 0 Å². The normalized spacial score (nSPS) is 11.4. The van der Waals surface area contributed by atoms with Crippen molar-refractivity contribution in [2.45, 2.75) is 18.7 Å². The largest absolute Gasteiger partial charge is 0.270 e. The van der Waals surface area contributed by atoms with Crippen LogP contribution in [0.2, 0.25) is 0 Å². The minimum Gasteiger partial charge on any atom is -0.247 e. The van der Waals surface area contributed by atoms with E-state index in [1.165, 1.54) is 0 Å². The molecule has 5 nitrogen and oxygen atoms in total. The monoisotopic (exact) mass is 299 g/mol. The number of benzene rings is 1. The molecule has 8 heteroatoms. The SMILES string of the molecule is Cc1cc(C)nc(NS(=O)(=O)c2c(F)cccc2F)n1. The Balaban J connectivity index is 2.46. The average molecular weight is 299 g/mol. The van der Waals surface area contributed by atoms with Gasteiger partial charge in [-0.1, -0.05) is 6.07 Å². The molecule has 106 valence electrons. The van der Waals surface area contributed by atoms with Crippen LogP contribution in [0.15, 0.2) is 29.2 Å². The highest BCUT2D eigenvalue weighted by atomic mass is 32.2. The zero-order valence-corrected chi connectivity index (χ0v) is 11.5. The molecule has 0 spiro atoms. The second kappa shape index (κ2) is 5.12. The van der Waals surface area contributed by atoms with Crippen LogP contribution in [-0.2, 0) is 10.0 Å². The van der Waals surface area contributed by atoms with Crippen LogP contribution in [0.3, 0.4) is 0 Å². The molecule has 0 aliphatic rings. The van der Waals surface area contributed by atoms with Crippen molar-refractivity contribution in [3.8, 4) is 0 Å². The van der Waals surface area contributed by atoms with E-state index in [1.54, 1.807) is 19.9 Å². The third kappa shape index (κ3) is 2.90. The maximum absolute atomic E-state index is 13.5. The molecule has 0 bridgehead atoms. The first-order chi connectivity index (χ1) is 9.29. The van der Waals surface area contributed by atoms with E-state index in [1.807, 2.05) is 4.72 Å². The molecule has 0 amide bonds. The van der Waals surface area contributed by atoms with E-state index in [9.17, 15) is 17.2 Å². The summed E-state index contributed by atoms with van der Waals surface area (Å²) in [6.45, 7) is 3.30. The molecule has 0 saturated heterocycles. The quantitative estimate of drug-likeness (QED) is 0.943. The summed E-state index contributed by atoms with van der Waals surface area (Å²) >= 11 is 0. The van der Waals surface area contributed by atoms with Gasteiger partial charge in [0, 0.05) is 11.4 Å². The summed E-state index contributed by atoms with van der Waals surface area (Å²) < 4.78 is 53.0. The number of nitrogens with zero attached hydrogens (tertiary/aromatic N) is 2. The molecular weight excluding hydrogens is 288 g/mol. The van der Waals surface area contributed by atoms with Crippen molar-refractivity contribution in [1.29, 1.82) is 0 Å². The molecule has 20 heavy (non-hydrogen) atoms. The van der Waals surface area contributed by atoms with Crippen LogP contribution < -0.4 is 4.72 Å². The Bertz CT molecular complexity index is 723. The number of halogens is 2. The minimum absolute atomic E-state index is 0.231. The summed E-state index contributed by atoms with van der Waals surface area (Å²) in [7, 11) is -4.43. The minimum atomic E-state index is -4.43. The van der Waals surface area contributed by atoms with Crippen molar-refractivity contribution in [3.63, 3.8) is 0 Å². The number of aryl methyl sites for hydroxylation is 2. The zero-order valence-electron chi connectivity index (χ0n) is 10.7. The van der Waals surface area contributed by atoms with Gasteiger partial charge in [-0.25, -0.2) is 31.9 Å². The topological polar surface area (TPSA) is 72.0 Å². The second-order valence-electron chi connectivity index (χ2n) is 4.13. The lowest BCUT2D eigenvalue weighted by Gasteiger charge is -2.09. The van der Waals surface area contributed by atoms with Gasteiger partial charge in [-0.3, -0.25) is 0 Å². The summed E-state index contributed by atoms with van der Waals surface area (Å²) in [4.78, 5) is 6.66. The van der Waals surface area contributed by atoms with E-state index in [4.69, 9.17) is 0 Å². The molecule has 1 aromatic carbocycles. The third-order valence-electron chi connectivity index (χ3n) is 2.40. The molecule has 0 atom stereocenters. The number of hydrogen-bond acceptors (Lipinski definition) is 4. The molecule has 1 aromatic heterocycles. The molecule has 0 aliphatic heterocycles. The lowest BCUT2D eigenvalue weighted by Crippen LogP contribution is -2.18. The van der Waals surface area contributed by atoms with Gasteiger partial charge < -0.3 is 0 Å². The third-order valence-corrected chi connectivity index (χ3v) is 3.77. The summed E-state index contributed by atoms with van der Waals surface area (Å²) in [5, 5.41) is 0. The van der Waals surface area contributed by atoms with Crippen LogP contribution in [0, 0.1) is 25.5 Å². The van der Waals surface area contributed by atoms with E-state index in [-0.39, 0.29) is 5.95 Å². The molecule has 0 radical (unpaired) electrons. The highest BCUT2D eigenvalue weighted by Crippen LogP contribution is 2.20. The Kier molecular flexibility index (Phi) is 3.67. The van der Waals surface area contributed by atoms with Crippen molar-refractivity contribution in [2.75, 3.05) is 4.72 Å². The molecule has 0 saturated carbocycles. The maximum Gasteiger partial charge on any atom is 0.270 e. The smallest absolute Gasteiger partial charge is 0.247 e. The van der Waals surface area contributed by atoms with Crippen LogP contribution in [0.5, 0.6) is 0 Å². The zero-order chi connectivity index (χ0) is 14.9. The van der Waals surface area contributed by atoms with Crippen LogP contribution >= 0.6 is 0 Å². The number of nitrogens with one attached hydrogen (secondary N) is 1. The predicted octanol–water partition coefficient (Wildman–Crippen LogP) is 2.17. The van der Waals surface area contributed by atoms with Crippen LogP contribution in [0.1, 0.15) is 11.4 Å². The Hall–Kier alpha value is -2.09. The van der Waals surface area contributed by atoms with Crippen LogP contribution in [0.25, 0.3) is 0 Å². The van der Waals surface area contributed by atoms with E-state index >= 15 is 0 Å². The van der Waals surface area contributed by atoms with E-state index in [0.717, 1.165) is 18.2 Å². The first-order valence-corrected chi connectivity index (χ1v) is 7.07. The molecule has 0 unspecified atom stereocenters. The lowest BCUT2D eigenvalue weighted by atomic mass is 10.3. The summed E-state index contributed by atoms with van der Waals surface area (Å²) in [5.74, 6) is -2.59. The van der Waals surface area contributed by atoms with Crippen molar-refractivity contribution in [3.05, 3.63) is 47.3 Å². The van der Waals surface area contributed by atoms with Crippen molar-refractivity contribution in [1.82, 2.24) is 9.97 Å². The van der Waals surface area contributed by atoms with Crippen molar-refractivity contribution in [2.24, 2.45) is 0 Å². The van der Waals surface area contributed by atoms with Crippen LogP contribution in [-0.4, -0.2) is 18.4 Å². The highest BCUT2D eigenvalue weighted by molar-refractivity contribution is 7.92. The van der Waals surface area contributed by atoms with Crippen molar-refractivity contribution < 1.29 is 17.2 Å². The van der Waals surface area contributed by atoms with Gasteiger partial charge in [-0.15, -0.1) is 0 Å². The summed E-state index contributed by atoms with van der Waals surface area (Å²) in [6, 6.07) is 4.44. The number of hydrogen-bond donors (Lipinski definition) is 1. The molecule has 0 aliphatic carbocycles. The number of anilines is 1. The van der Waals surface area contributed by atoms with E-state index in [2.05, 4.69) is 9.97 Å². The lowest BCUT2D eigenvalue weighted by molar-refractivity contribution is 0.521. The van der Waals surface area contributed by atoms with Gasteiger partial charge in [0.1, 0.15) is 11.6 Å². The van der Waals surface area contributed by atoms with E-state index in [0.29, 0.717) is 11.4 Å². The molecule has 1 heterocycles. The van der Waals surface area contributed by atoms with Gasteiger partial charge in [0.25, 0.3) is 10.0 Å². The Morgan fingerprint density at radius 2 is 1.55 bits per heavy atom. The Labute approximate surface area is 114 Å². The molecule has 0 fully saturated rings. The van der Waals surface area contributed by atoms with Crippen molar-refractivity contribution >= 4 is 16.0 Å². The molecular formula is C12H11F2N3O2S. The first kappa shape index (κ1) is 14.3. The number of sulfonamides is 1. The molecule has 2 rings (SSSR count).